The molecule has 6 nitrogen and oxygen atoms in total. The molecule has 2 aliphatic heterocycles. The molecule has 1 N–H and O–H groups in total. The Morgan fingerprint density at radius 2 is 2.24 bits per heavy atom. The zero-order valence-corrected chi connectivity index (χ0v) is 14.4. The lowest BCUT2D eigenvalue weighted by atomic mass is 9.85. The molecule has 3 atom stereocenters. The number of likely N-dealkylation sites (tertiary alicyclic amines) is 1. The van der Waals surface area contributed by atoms with Crippen molar-refractivity contribution in [2.24, 2.45) is 5.92 Å². The normalized spacial score (nSPS) is 26.1. The minimum absolute atomic E-state index is 0.0215. The molecule has 2 fully saturated rings. The smallest absolute Gasteiger partial charge is 0.289 e. The summed E-state index contributed by atoms with van der Waals surface area (Å²) in [4.78, 5) is 19.1. The summed E-state index contributed by atoms with van der Waals surface area (Å²) >= 11 is 0. The Balaban J connectivity index is 1.56. The number of hydrogen-bond donors (Lipinski definition) is 1. The number of nitrogens with one attached hydrogen (secondary N) is 1. The molecule has 0 saturated carbocycles. The van der Waals surface area contributed by atoms with Gasteiger partial charge < -0.3 is 19.4 Å². The van der Waals surface area contributed by atoms with Gasteiger partial charge in [0.2, 0.25) is 0 Å². The van der Waals surface area contributed by atoms with Crippen molar-refractivity contribution >= 4 is 11.7 Å². The minimum Gasteiger partial charge on any atom is -0.459 e. The van der Waals surface area contributed by atoms with E-state index in [2.05, 4.69) is 10.3 Å². The van der Waals surface area contributed by atoms with E-state index in [0.717, 1.165) is 30.8 Å². The number of fused-ring (bicyclic) bond motifs is 1. The average Bonchev–Trinajstić information content (AvgIpc) is 3.08. The fraction of sp³-hybridized carbons (Fsp3) is 0.474. The SMILES string of the molecule is Cc1ccoc1C(=O)N1C[C@H]2CCCO[C@H]2[C@@H](Nc2ccccn2)C1. The second-order valence-corrected chi connectivity index (χ2v) is 6.85. The molecule has 2 aromatic rings. The van der Waals surface area contributed by atoms with Crippen LogP contribution in [0.3, 0.4) is 0 Å². The summed E-state index contributed by atoms with van der Waals surface area (Å²) in [5.41, 5.74) is 0.876. The lowest BCUT2D eigenvalue weighted by Crippen LogP contribution is -2.59. The van der Waals surface area contributed by atoms with Gasteiger partial charge in [-0.3, -0.25) is 4.79 Å². The highest BCUT2D eigenvalue weighted by atomic mass is 16.5. The number of amides is 1. The van der Waals surface area contributed by atoms with Crippen LogP contribution < -0.4 is 5.32 Å². The molecule has 132 valence electrons. The number of carbonyl (C=O) groups is 1. The number of nitrogens with zero attached hydrogens (tertiary/aromatic N) is 2. The molecule has 4 heterocycles. The molecule has 1 amide bonds. The number of hydrogen-bond acceptors (Lipinski definition) is 5. The maximum absolute atomic E-state index is 12.9. The van der Waals surface area contributed by atoms with E-state index in [4.69, 9.17) is 9.15 Å². The summed E-state index contributed by atoms with van der Waals surface area (Å²) in [6.45, 7) is 3.98. The van der Waals surface area contributed by atoms with Crippen molar-refractivity contribution in [1.29, 1.82) is 0 Å². The molecule has 0 unspecified atom stereocenters. The molecular formula is C19H23N3O3. The summed E-state index contributed by atoms with van der Waals surface area (Å²) in [7, 11) is 0. The van der Waals surface area contributed by atoms with E-state index in [1.54, 1.807) is 12.5 Å². The Kier molecular flexibility index (Phi) is 4.44. The molecule has 6 heteroatoms. The van der Waals surface area contributed by atoms with E-state index in [1.807, 2.05) is 36.1 Å². The number of ether oxygens (including phenoxy) is 1. The number of furan rings is 1. The third-order valence-corrected chi connectivity index (χ3v) is 5.10. The van der Waals surface area contributed by atoms with Crippen LogP contribution in [0.5, 0.6) is 0 Å². The standard InChI is InChI=1S/C19H23N3O3/c1-13-7-10-25-17(13)19(23)22-11-14-5-4-9-24-18(14)15(12-22)21-16-6-2-3-8-20-16/h2-3,6-8,10,14-15,18H,4-5,9,11-12H2,1H3,(H,20,21)/t14-,15+,18-/m1/s1. The maximum atomic E-state index is 12.9. The molecule has 2 aromatic heterocycles. The lowest BCUT2D eigenvalue weighted by Gasteiger charge is -2.45. The fourth-order valence-corrected chi connectivity index (χ4v) is 3.87. The molecule has 0 aromatic carbocycles. The van der Waals surface area contributed by atoms with Gasteiger partial charge in [-0.2, -0.15) is 0 Å². The zero-order valence-electron chi connectivity index (χ0n) is 14.4. The molecule has 0 bridgehead atoms. The average molecular weight is 341 g/mol. The predicted octanol–water partition coefficient (Wildman–Crippen LogP) is 2.71. The van der Waals surface area contributed by atoms with Crippen LogP contribution in [0.4, 0.5) is 5.82 Å². The number of aryl methyl sites for hydroxylation is 1. The second-order valence-electron chi connectivity index (χ2n) is 6.85. The molecule has 25 heavy (non-hydrogen) atoms. The molecule has 0 spiro atoms. The van der Waals surface area contributed by atoms with Crippen LogP contribution in [0.15, 0.2) is 41.1 Å². The van der Waals surface area contributed by atoms with E-state index >= 15 is 0 Å². The van der Waals surface area contributed by atoms with E-state index in [-0.39, 0.29) is 18.1 Å². The van der Waals surface area contributed by atoms with E-state index in [1.165, 1.54) is 0 Å². The number of pyridine rings is 1. The van der Waals surface area contributed by atoms with Gasteiger partial charge in [0.05, 0.1) is 18.4 Å². The van der Waals surface area contributed by atoms with Gasteiger partial charge >= 0.3 is 0 Å². The number of piperidine rings is 1. The van der Waals surface area contributed by atoms with Crippen molar-refractivity contribution in [3.05, 3.63) is 48.0 Å². The van der Waals surface area contributed by atoms with Gasteiger partial charge in [-0.1, -0.05) is 6.07 Å². The van der Waals surface area contributed by atoms with Crippen molar-refractivity contribution in [2.45, 2.75) is 31.9 Å². The lowest BCUT2D eigenvalue weighted by molar-refractivity contribution is -0.0679. The van der Waals surface area contributed by atoms with Crippen LogP contribution in [-0.4, -0.2) is 47.6 Å². The summed E-state index contributed by atoms with van der Waals surface area (Å²) in [6.07, 6.45) is 5.56. The summed E-state index contributed by atoms with van der Waals surface area (Å²) in [6, 6.07) is 7.63. The van der Waals surface area contributed by atoms with Gasteiger partial charge in [-0.25, -0.2) is 4.98 Å². The first-order valence-corrected chi connectivity index (χ1v) is 8.85. The molecule has 2 saturated heterocycles. The first-order valence-electron chi connectivity index (χ1n) is 8.85. The van der Waals surface area contributed by atoms with Crippen molar-refractivity contribution in [3.8, 4) is 0 Å². The van der Waals surface area contributed by atoms with Crippen LogP contribution >= 0.6 is 0 Å². The van der Waals surface area contributed by atoms with Gasteiger partial charge in [-0.05, 0) is 38.0 Å². The van der Waals surface area contributed by atoms with Gasteiger partial charge in [-0.15, -0.1) is 0 Å². The van der Waals surface area contributed by atoms with E-state index in [9.17, 15) is 4.79 Å². The highest BCUT2D eigenvalue weighted by Crippen LogP contribution is 2.31. The Morgan fingerprint density at radius 1 is 1.32 bits per heavy atom. The fourth-order valence-electron chi connectivity index (χ4n) is 3.87. The molecule has 4 rings (SSSR count). The topological polar surface area (TPSA) is 67.6 Å². The largest absolute Gasteiger partial charge is 0.459 e. The molecule has 0 aliphatic carbocycles. The second kappa shape index (κ2) is 6.88. The highest BCUT2D eigenvalue weighted by Gasteiger charge is 2.41. The zero-order chi connectivity index (χ0) is 17.2. The Morgan fingerprint density at radius 3 is 3.00 bits per heavy atom. The van der Waals surface area contributed by atoms with E-state index in [0.29, 0.717) is 24.8 Å². The molecule has 2 aliphatic rings. The number of rotatable bonds is 3. The maximum Gasteiger partial charge on any atom is 0.289 e. The van der Waals surface area contributed by atoms with Crippen LogP contribution in [-0.2, 0) is 4.74 Å². The monoisotopic (exact) mass is 341 g/mol. The van der Waals surface area contributed by atoms with Crippen molar-refractivity contribution < 1.29 is 13.9 Å². The summed E-state index contributed by atoms with van der Waals surface area (Å²) < 4.78 is 11.5. The Labute approximate surface area is 147 Å². The summed E-state index contributed by atoms with van der Waals surface area (Å²) in [5.74, 6) is 1.54. The van der Waals surface area contributed by atoms with Crippen molar-refractivity contribution in [3.63, 3.8) is 0 Å². The van der Waals surface area contributed by atoms with Crippen LogP contribution in [0.2, 0.25) is 0 Å². The third kappa shape index (κ3) is 3.26. The van der Waals surface area contributed by atoms with Crippen molar-refractivity contribution in [2.75, 3.05) is 25.0 Å². The van der Waals surface area contributed by atoms with Crippen LogP contribution in [0.25, 0.3) is 0 Å². The van der Waals surface area contributed by atoms with Gasteiger partial charge in [0.25, 0.3) is 5.91 Å². The highest BCUT2D eigenvalue weighted by molar-refractivity contribution is 5.93. The Hall–Kier alpha value is -2.34. The first-order chi connectivity index (χ1) is 12.2. The van der Waals surface area contributed by atoms with Gasteiger partial charge in [0, 0.05) is 37.4 Å². The van der Waals surface area contributed by atoms with Crippen LogP contribution in [0.1, 0.15) is 29.0 Å². The van der Waals surface area contributed by atoms with Crippen LogP contribution in [0, 0.1) is 12.8 Å². The number of carbonyl (C=O) groups excluding carboxylic acids is 1. The minimum atomic E-state index is -0.0423. The number of aromatic nitrogens is 1. The number of anilines is 1. The quantitative estimate of drug-likeness (QED) is 0.930. The van der Waals surface area contributed by atoms with Crippen molar-refractivity contribution in [1.82, 2.24) is 9.88 Å². The predicted molar refractivity (Wildman–Crippen MR) is 93.5 cm³/mol. The molecular weight excluding hydrogens is 318 g/mol. The third-order valence-electron chi connectivity index (χ3n) is 5.10. The molecule has 0 radical (unpaired) electrons. The summed E-state index contributed by atoms with van der Waals surface area (Å²) in [5, 5.41) is 3.46. The first kappa shape index (κ1) is 16.1. The van der Waals surface area contributed by atoms with Gasteiger partial charge in [0.1, 0.15) is 5.82 Å². The van der Waals surface area contributed by atoms with Gasteiger partial charge in [0.15, 0.2) is 5.76 Å². The van der Waals surface area contributed by atoms with E-state index < -0.39 is 0 Å². The Bertz CT molecular complexity index is 731.